The summed E-state index contributed by atoms with van der Waals surface area (Å²) in [4.78, 5) is 0.376. The molecule has 1 aliphatic rings. The van der Waals surface area contributed by atoms with E-state index in [4.69, 9.17) is 0 Å². The summed E-state index contributed by atoms with van der Waals surface area (Å²) in [6, 6.07) is 12.9. The van der Waals surface area contributed by atoms with Gasteiger partial charge >= 0.3 is 0 Å². The minimum absolute atomic E-state index is 0.0713. The van der Waals surface area contributed by atoms with E-state index in [2.05, 4.69) is 28.1 Å². The first-order chi connectivity index (χ1) is 9.54. The largest absolute Gasteiger partial charge is 0.223 e. The van der Waals surface area contributed by atoms with Crippen LogP contribution < -0.4 is 0 Å². The molecule has 0 N–H and O–H groups in total. The molecule has 0 saturated heterocycles. The van der Waals surface area contributed by atoms with Gasteiger partial charge in [-0.1, -0.05) is 34.1 Å². The Kier molecular flexibility index (Phi) is 3.69. The van der Waals surface area contributed by atoms with Crippen molar-refractivity contribution in [3.8, 4) is 0 Å². The van der Waals surface area contributed by atoms with Crippen LogP contribution in [0.5, 0.6) is 0 Å². The minimum atomic E-state index is -3.27. The Morgan fingerprint density at radius 3 is 2.40 bits per heavy atom. The fourth-order valence-corrected chi connectivity index (χ4v) is 4.26. The second-order valence-electron chi connectivity index (χ2n) is 5.17. The quantitative estimate of drug-likeness (QED) is 0.840. The molecule has 1 aliphatic carbocycles. The van der Waals surface area contributed by atoms with E-state index < -0.39 is 9.84 Å². The Labute approximate surface area is 127 Å². The van der Waals surface area contributed by atoms with Gasteiger partial charge in [-0.2, -0.15) is 0 Å². The molecule has 104 valence electrons. The van der Waals surface area contributed by atoms with Gasteiger partial charge in [0.25, 0.3) is 0 Å². The summed E-state index contributed by atoms with van der Waals surface area (Å²) < 4.78 is 25.7. The zero-order valence-corrected chi connectivity index (χ0v) is 13.4. The lowest BCUT2D eigenvalue weighted by Crippen LogP contribution is -2.05. The van der Waals surface area contributed by atoms with Crippen molar-refractivity contribution in [1.29, 1.82) is 0 Å². The molecule has 0 saturated carbocycles. The minimum Gasteiger partial charge on any atom is -0.223 e. The first-order valence-corrected chi connectivity index (χ1v) is 9.08. The first-order valence-electron chi connectivity index (χ1n) is 6.64. The molecule has 2 aromatic carbocycles. The molecule has 0 heterocycles. The molecule has 0 unspecified atom stereocenters. The van der Waals surface area contributed by atoms with Crippen LogP contribution in [0.1, 0.15) is 23.1 Å². The molecule has 0 radical (unpaired) electrons. The highest BCUT2D eigenvalue weighted by molar-refractivity contribution is 9.10. The molecule has 0 atom stereocenters. The normalized spacial score (nSPS) is 14.2. The molecule has 0 amide bonds. The standard InChI is InChI=1S/C16H15BrO2S/c17-15-6-8-16(9-7-15)20(18,19)11-12-4-5-13-2-1-3-14(13)10-12/h4-10H,1-3,11H2. The van der Waals surface area contributed by atoms with Crippen molar-refractivity contribution < 1.29 is 8.42 Å². The predicted octanol–water partition coefficient (Wildman–Crippen LogP) is 3.91. The van der Waals surface area contributed by atoms with Crippen LogP contribution in [0.2, 0.25) is 0 Å². The summed E-state index contributed by atoms with van der Waals surface area (Å²) in [6.07, 6.45) is 3.37. The van der Waals surface area contributed by atoms with E-state index >= 15 is 0 Å². The van der Waals surface area contributed by atoms with Gasteiger partial charge in [-0.25, -0.2) is 8.42 Å². The SMILES string of the molecule is O=S(=O)(Cc1ccc2c(c1)CCC2)c1ccc(Br)cc1. The molecular formula is C16H15BrO2S. The molecule has 3 rings (SSSR count). The van der Waals surface area contributed by atoms with E-state index in [0.29, 0.717) is 4.90 Å². The third-order valence-electron chi connectivity index (χ3n) is 3.69. The van der Waals surface area contributed by atoms with Crippen LogP contribution in [0.3, 0.4) is 0 Å². The maximum atomic E-state index is 12.4. The number of benzene rings is 2. The number of halogens is 1. The lowest BCUT2D eigenvalue weighted by atomic mass is 10.1. The van der Waals surface area contributed by atoms with E-state index in [9.17, 15) is 8.42 Å². The van der Waals surface area contributed by atoms with Gasteiger partial charge in [0, 0.05) is 4.47 Å². The number of hydrogen-bond donors (Lipinski definition) is 0. The van der Waals surface area contributed by atoms with Crippen LogP contribution in [0.25, 0.3) is 0 Å². The van der Waals surface area contributed by atoms with Crippen LogP contribution in [0, 0.1) is 0 Å². The third kappa shape index (κ3) is 2.81. The van der Waals surface area contributed by atoms with Crippen molar-refractivity contribution in [2.45, 2.75) is 29.9 Å². The van der Waals surface area contributed by atoms with Gasteiger partial charge in [-0.05, 0) is 60.2 Å². The van der Waals surface area contributed by atoms with Crippen LogP contribution in [0.4, 0.5) is 0 Å². The zero-order chi connectivity index (χ0) is 14.2. The van der Waals surface area contributed by atoms with Crippen LogP contribution >= 0.6 is 15.9 Å². The molecule has 0 spiro atoms. The Hall–Kier alpha value is -1.13. The van der Waals surface area contributed by atoms with Crippen molar-refractivity contribution in [2.24, 2.45) is 0 Å². The highest BCUT2D eigenvalue weighted by Gasteiger charge is 2.17. The van der Waals surface area contributed by atoms with E-state index in [1.54, 1.807) is 24.3 Å². The summed E-state index contributed by atoms with van der Waals surface area (Å²) in [5, 5.41) is 0. The molecule has 0 fully saturated rings. The van der Waals surface area contributed by atoms with Crippen molar-refractivity contribution in [2.75, 3.05) is 0 Å². The van der Waals surface area contributed by atoms with Gasteiger partial charge in [0.1, 0.15) is 0 Å². The summed E-state index contributed by atoms with van der Waals surface area (Å²) in [6.45, 7) is 0. The first kappa shape index (κ1) is 13.8. The number of hydrogen-bond acceptors (Lipinski definition) is 2. The summed E-state index contributed by atoms with van der Waals surface area (Å²) in [5.74, 6) is 0.0713. The fourth-order valence-electron chi connectivity index (χ4n) is 2.66. The molecule has 0 aromatic heterocycles. The monoisotopic (exact) mass is 350 g/mol. The molecule has 0 bridgehead atoms. The zero-order valence-electron chi connectivity index (χ0n) is 11.0. The average Bonchev–Trinajstić information content (AvgIpc) is 2.86. The molecule has 20 heavy (non-hydrogen) atoms. The van der Waals surface area contributed by atoms with Crippen molar-refractivity contribution in [1.82, 2.24) is 0 Å². The summed E-state index contributed by atoms with van der Waals surface area (Å²) in [5.41, 5.74) is 3.57. The maximum Gasteiger partial charge on any atom is 0.182 e. The lowest BCUT2D eigenvalue weighted by molar-refractivity contribution is 0.595. The number of aryl methyl sites for hydroxylation is 2. The molecule has 2 aromatic rings. The lowest BCUT2D eigenvalue weighted by Gasteiger charge is -2.07. The molecule has 0 aliphatic heterocycles. The van der Waals surface area contributed by atoms with Crippen LogP contribution in [-0.4, -0.2) is 8.42 Å². The summed E-state index contributed by atoms with van der Waals surface area (Å²) >= 11 is 3.32. The topological polar surface area (TPSA) is 34.1 Å². The average molecular weight is 351 g/mol. The third-order valence-corrected chi connectivity index (χ3v) is 5.92. The van der Waals surface area contributed by atoms with Crippen molar-refractivity contribution in [3.63, 3.8) is 0 Å². The fraction of sp³-hybridized carbons (Fsp3) is 0.250. The summed E-state index contributed by atoms with van der Waals surface area (Å²) in [7, 11) is -3.27. The Morgan fingerprint density at radius 1 is 0.950 bits per heavy atom. The van der Waals surface area contributed by atoms with E-state index in [-0.39, 0.29) is 5.75 Å². The van der Waals surface area contributed by atoms with Gasteiger partial charge in [-0.3, -0.25) is 0 Å². The van der Waals surface area contributed by atoms with Gasteiger partial charge in [0.15, 0.2) is 9.84 Å². The Balaban J connectivity index is 1.88. The predicted molar refractivity (Wildman–Crippen MR) is 83.5 cm³/mol. The van der Waals surface area contributed by atoms with Crippen molar-refractivity contribution >= 4 is 25.8 Å². The van der Waals surface area contributed by atoms with Crippen molar-refractivity contribution in [3.05, 3.63) is 63.6 Å². The maximum absolute atomic E-state index is 12.4. The highest BCUT2D eigenvalue weighted by atomic mass is 79.9. The van der Waals surface area contributed by atoms with Gasteiger partial charge in [-0.15, -0.1) is 0 Å². The molecular weight excluding hydrogens is 336 g/mol. The molecule has 2 nitrogen and oxygen atoms in total. The number of fused-ring (bicyclic) bond motifs is 1. The Morgan fingerprint density at radius 2 is 1.65 bits per heavy atom. The smallest absolute Gasteiger partial charge is 0.182 e. The van der Waals surface area contributed by atoms with Crippen LogP contribution in [0.15, 0.2) is 51.8 Å². The van der Waals surface area contributed by atoms with Gasteiger partial charge in [0.2, 0.25) is 0 Å². The van der Waals surface area contributed by atoms with E-state index in [1.807, 2.05) is 6.07 Å². The number of rotatable bonds is 3. The molecule has 4 heteroatoms. The van der Waals surface area contributed by atoms with Gasteiger partial charge < -0.3 is 0 Å². The second-order valence-corrected chi connectivity index (χ2v) is 8.07. The van der Waals surface area contributed by atoms with E-state index in [0.717, 1.165) is 22.9 Å². The van der Waals surface area contributed by atoms with E-state index in [1.165, 1.54) is 17.5 Å². The van der Waals surface area contributed by atoms with Crippen LogP contribution in [-0.2, 0) is 28.4 Å². The Bertz CT molecular complexity index is 734. The second kappa shape index (κ2) is 5.34. The van der Waals surface area contributed by atoms with Gasteiger partial charge in [0.05, 0.1) is 10.6 Å². The highest BCUT2D eigenvalue weighted by Crippen LogP contribution is 2.25. The number of sulfone groups is 1.